The van der Waals surface area contributed by atoms with Gasteiger partial charge in [-0.2, -0.15) is 0 Å². The van der Waals surface area contributed by atoms with Crippen LogP contribution >= 0.6 is 0 Å². The van der Waals surface area contributed by atoms with E-state index in [-0.39, 0.29) is 11.8 Å². The number of benzene rings is 1. The first-order chi connectivity index (χ1) is 9.60. The Morgan fingerprint density at radius 3 is 2.45 bits per heavy atom. The lowest BCUT2D eigenvalue weighted by Crippen LogP contribution is -2.41. The predicted molar refractivity (Wildman–Crippen MR) is 81.5 cm³/mol. The van der Waals surface area contributed by atoms with Gasteiger partial charge in [0.25, 0.3) is 0 Å². The Morgan fingerprint density at radius 2 is 1.95 bits per heavy atom. The van der Waals surface area contributed by atoms with Crippen LogP contribution in [0, 0.1) is 5.92 Å². The number of ether oxygens (including phenoxy) is 1. The summed E-state index contributed by atoms with van der Waals surface area (Å²) in [4.78, 5) is 14.6. The lowest BCUT2D eigenvalue weighted by Gasteiger charge is -2.28. The second kappa shape index (κ2) is 8.72. The summed E-state index contributed by atoms with van der Waals surface area (Å²) in [5.41, 5.74) is 6.80. The molecule has 1 amide bonds. The zero-order chi connectivity index (χ0) is 15.0. The van der Waals surface area contributed by atoms with Gasteiger partial charge in [0.05, 0.1) is 12.5 Å². The summed E-state index contributed by atoms with van der Waals surface area (Å²) in [6.45, 7) is 6.41. The maximum Gasteiger partial charge on any atom is 0.231 e. The number of carbonyl (C=O) groups is 1. The number of carbonyl (C=O) groups excluding carboxylic acids is 1. The third-order valence-electron chi connectivity index (χ3n) is 3.20. The topological polar surface area (TPSA) is 55.6 Å². The number of rotatable bonds is 8. The van der Waals surface area contributed by atoms with Crippen molar-refractivity contribution in [3.05, 3.63) is 35.9 Å². The molecule has 1 rings (SSSR count). The second-order valence-corrected chi connectivity index (χ2v) is 5.37. The van der Waals surface area contributed by atoms with Crippen LogP contribution in [-0.4, -0.2) is 44.2 Å². The number of nitrogens with zero attached hydrogens (tertiary/aromatic N) is 1. The molecule has 0 bridgehead atoms. The van der Waals surface area contributed by atoms with Crippen molar-refractivity contribution in [2.24, 2.45) is 11.7 Å². The molecule has 0 radical (unpaired) electrons. The average Bonchev–Trinajstić information content (AvgIpc) is 2.45. The van der Waals surface area contributed by atoms with Gasteiger partial charge in [0.15, 0.2) is 0 Å². The molecule has 4 nitrogen and oxygen atoms in total. The van der Waals surface area contributed by atoms with Gasteiger partial charge in [-0.05, 0) is 11.5 Å². The normalized spacial score (nSPS) is 12.4. The molecule has 1 aromatic carbocycles. The Morgan fingerprint density at radius 1 is 1.30 bits per heavy atom. The van der Waals surface area contributed by atoms with Crippen LogP contribution in [0.2, 0.25) is 0 Å². The maximum atomic E-state index is 12.7. The van der Waals surface area contributed by atoms with E-state index in [0.29, 0.717) is 25.6 Å². The lowest BCUT2D eigenvalue weighted by molar-refractivity contribution is -0.133. The van der Waals surface area contributed by atoms with E-state index in [1.54, 1.807) is 7.11 Å². The highest BCUT2D eigenvalue weighted by Crippen LogP contribution is 2.18. The fourth-order valence-electron chi connectivity index (χ4n) is 2.22. The average molecular weight is 278 g/mol. The lowest BCUT2D eigenvalue weighted by atomic mass is 9.97. The Kier molecular flexibility index (Phi) is 7.26. The van der Waals surface area contributed by atoms with Crippen LogP contribution < -0.4 is 5.73 Å². The van der Waals surface area contributed by atoms with E-state index in [1.165, 1.54) is 0 Å². The number of methoxy groups -OCH3 is 1. The predicted octanol–water partition coefficient (Wildman–Crippen LogP) is 1.86. The third kappa shape index (κ3) is 4.94. The van der Waals surface area contributed by atoms with Gasteiger partial charge in [-0.25, -0.2) is 0 Å². The molecule has 0 fully saturated rings. The smallest absolute Gasteiger partial charge is 0.231 e. The van der Waals surface area contributed by atoms with Gasteiger partial charge in [0.2, 0.25) is 5.91 Å². The minimum atomic E-state index is -0.271. The van der Waals surface area contributed by atoms with Crippen molar-refractivity contribution >= 4 is 5.91 Å². The quantitative estimate of drug-likeness (QED) is 0.789. The summed E-state index contributed by atoms with van der Waals surface area (Å²) < 4.78 is 5.10. The summed E-state index contributed by atoms with van der Waals surface area (Å²) in [6.07, 6.45) is 0. The number of nitrogens with two attached hydrogens (primary N) is 1. The van der Waals surface area contributed by atoms with Crippen LogP contribution in [0.5, 0.6) is 0 Å². The molecule has 1 atom stereocenters. The number of amides is 1. The molecule has 4 heteroatoms. The van der Waals surface area contributed by atoms with Crippen LogP contribution in [0.1, 0.15) is 25.3 Å². The van der Waals surface area contributed by atoms with E-state index < -0.39 is 0 Å². The van der Waals surface area contributed by atoms with E-state index >= 15 is 0 Å². The molecule has 0 aliphatic carbocycles. The van der Waals surface area contributed by atoms with Gasteiger partial charge in [-0.15, -0.1) is 0 Å². The van der Waals surface area contributed by atoms with Crippen molar-refractivity contribution in [1.29, 1.82) is 0 Å². The molecule has 0 aliphatic heterocycles. The van der Waals surface area contributed by atoms with E-state index in [4.69, 9.17) is 10.5 Å². The van der Waals surface area contributed by atoms with Gasteiger partial charge in [0.1, 0.15) is 0 Å². The van der Waals surface area contributed by atoms with Crippen molar-refractivity contribution in [1.82, 2.24) is 4.90 Å². The first kappa shape index (κ1) is 16.7. The minimum Gasteiger partial charge on any atom is -0.383 e. The Labute approximate surface area is 121 Å². The molecule has 20 heavy (non-hydrogen) atoms. The molecule has 0 saturated carbocycles. The second-order valence-electron chi connectivity index (χ2n) is 5.37. The summed E-state index contributed by atoms with van der Waals surface area (Å²) in [5, 5.41) is 0. The zero-order valence-corrected chi connectivity index (χ0v) is 12.7. The SMILES string of the molecule is COCCN(CC(C)C)C(=O)C(CN)c1ccccc1. The highest BCUT2D eigenvalue weighted by molar-refractivity contribution is 5.84. The van der Waals surface area contributed by atoms with Crippen molar-refractivity contribution in [2.45, 2.75) is 19.8 Å². The Bertz CT molecular complexity index is 393. The molecule has 0 aromatic heterocycles. The molecule has 0 heterocycles. The van der Waals surface area contributed by atoms with Gasteiger partial charge >= 0.3 is 0 Å². The van der Waals surface area contributed by atoms with Gasteiger partial charge < -0.3 is 15.4 Å². The third-order valence-corrected chi connectivity index (χ3v) is 3.20. The molecular formula is C16H26N2O2. The van der Waals surface area contributed by atoms with E-state index in [0.717, 1.165) is 12.1 Å². The minimum absolute atomic E-state index is 0.0875. The standard InChI is InChI=1S/C16H26N2O2/c1-13(2)12-18(9-10-20-3)16(19)15(11-17)14-7-5-4-6-8-14/h4-8,13,15H,9-12,17H2,1-3H3. The van der Waals surface area contributed by atoms with Crippen LogP contribution in [0.15, 0.2) is 30.3 Å². The first-order valence-corrected chi connectivity index (χ1v) is 7.12. The molecule has 1 aromatic rings. The Hall–Kier alpha value is -1.39. The van der Waals surface area contributed by atoms with Crippen LogP contribution in [0.4, 0.5) is 0 Å². The number of hydrogen-bond acceptors (Lipinski definition) is 3. The molecule has 0 aliphatic rings. The van der Waals surface area contributed by atoms with Gasteiger partial charge in [-0.3, -0.25) is 4.79 Å². The van der Waals surface area contributed by atoms with Gasteiger partial charge in [-0.1, -0.05) is 44.2 Å². The summed E-state index contributed by atoms with van der Waals surface area (Å²) in [5.74, 6) is 0.237. The monoisotopic (exact) mass is 278 g/mol. The van der Waals surface area contributed by atoms with Crippen molar-refractivity contribution in [2.75, 3.05) is 33.4 Å². The summed E-state index contributed by atoms with van der Waals surface area (Å²) >= 11 is 0. The largest absolute Gasteiger partial charge is 0.383 e. The van der Waals surface area contributed by atoms with Crippen LogP contribution in [0.25, 0.3) is 0 Å². The zero-order valence-electron chi connectivity index (χ0n) is 12.7. The summed E-state index contributed by atoms with van der Waals surface area (Å²) in [7, 11) is 1.65. The molecular weight excluding hydrogens is 252 g/mol. The van der Waals surface area contributed by atoms with Crippen LogP contribution in [0.3, 0.4) is 0 Å². The first-order valence-electron chi connectivity index (χ1n) is 7.12. The van der Waals surface area contributed by atoms with E-state index in [2.05, 4.69) is 13.8 Å². The summed E-state index contributed by atoms with van der Waals surface area (Å²) in [6, 6.07) is 9.73. The maximum absolute atomic E-state index is 12.7. The van der Waals surface area contributed by atoms with Gasteiger partial charge in [0, 0.05) is 26.7 Å². The van der Waals surface area contributed by atoms with Crippen molar-refractivity contribution < 1.29 is 9.53 Å². The molecule has 112 valence electrons. The highest BCUT2D eigenvalue weighted by Gasteiger charge is 2.24. The fourth-order valence-corrected chi connectivity index (χ4v) is 2.22. The fraction of sp³-hybridized carbons (Fsp3) is 0.562. The van der Waals surface area contributed by atoms with Crippen molar-refractivity contribution in [3.8, 4) is 0 Å². The van der Waals surface area contributed by atoms with Crippen molar-refractivity contribution in [3.63, 3.8) is 0 Å². The van der Waals surface area contributed by atoms with E-state index in [1.807, 2.05) is 35.2 Å². The van der Waals surface area contributed by atoms with Crippen LogP contribution in [-0.2, 0) is 9.53 Å². The molecule has 2 N–H and O–H groups in total. The van der Waals surface area contributed by atoms with E-state index in [9.17, 15) is 4.79 Å². The molecule has 1 unspecified atom stereocenters. The number of hydrogen-bond donors (Lipinski definition) is 1. The molecule has 0 spiro atoms. The highest BCUT2D eigenvalue weighted by atomic mass is 16.5. The Balaban J connectivity index is 2.84. The molecule has 0 saturated heterocycles.